The maximum absolute atomic E-state index is 3.38. The third-order valence-electron chi connectivity index (χ3n) is 1.85. The molecule has 1 aromatic rings. The minimum Gasteiger partial charge on any atom is -0.312 e. The number of hydrogen-bond acceptors (Lipinski definition) is 1. The normalized spacial score (nSPS) is 10.2. The van der Waals surface area contributed by atoms with E-state index >= 15 is 0 Å². The van der Waals surface area contributed by atoms with Crippen molar-refractivity contribution in [1.29, 1.82) is 0 Å². The summed E-state index contributed by atoms with van der Waals surface area (Å²) >= 11 is 2.38. The van der Waals surface area contributed by atoms with Crippen molar-refractivity contribution in [2.45, 2.75) is 13.5 Å². The monoisotopic (exact) mass is 275 g/mol. The molecule has 0 amide bonds. The van der Waals surface area contributed by atoms with Crippen LogP contribution in [-0.4, -0.2) is 11.0 Å². The first kappa shape index (κ1) is 9.99. The van der Waals surface area contributed by atoms with Gasteiger partial charge in [-0.1, -0.05) is 46.9 Å². The van der Waals surface area contributed by atoms with Gasteiger partial charge in [-0.2, -0.15) is 0 Å². The molecule has 0 aromatic heterocycles. The Morgan fingerprint density at radius 3 is 2.75 bits per heavy atom. The fraction of sp³-hybridized carbons (Fsp3) is 0.400. The second-order valence-electron chi connectivity index (χ2n) is 2.79. The van der Waals surface area contributed by atoms with Gasteiger partial charge >= 0.3 is 0 Å². The molecule has 0 heterocycles. The van der Waals surface area contributed by atoms with E-state index < -0.39 is 0 Å². The predicted molar refractivity (Wildman–Crippen MR) is 61.8 cm³/mol. The first-order chi connectivity index (χ1) is 5.84. The highest BCUT2D eigenvalue weighted by Gasteiger charge is 1.94. The Kier molecular flexibility index (Phi) is 4.61. The Bertz CT molecular complexity index is 235. The summed E-state index contributed by atoms with van der Waals surface area (Å²) in [7, 11) is 0. The average Bonchev–Trinajstić information content (AvgIpc) is 2.09. The molecule has 66 valence electrons. The van der Waals surface area contributed by atoms with Crippen molar-refractivity contribution in [3.05, 3.63) is 35.4 Å². The molecule has 2 heteroatoms. The zero-order valence-corrected chi connectivity index (χ0v) is 9.47. The van der Waals surface area contributed by atoms with Gasteiger partial charge in [-0.05, 0) is 18.1 Å². The van der Waals surface area contributed by atoms with Gasteiger partial charge < -0.3 is 5.32 Å². The summed E-state index contributed by atoms with van der Waals surface area (Å²) < 4.78 is 1.17. The Labute approximate surface area is 87.7 Å². The van der Waals surface area contributed by atoms with Gasteiger partial charge in [-0.15, -0.1) is 0 Å². The lowest BCUT2D eigenvalue weighted by Crippen LogP contribution is -2.15. The molecule has 12 heavy (non-hydrogen) atoms. The lowest BCUT2D eigenvalue weighted by molar-refractivity contribution is 0.733. The summed E-state index contributed by atoms with van der Waals surface area (Å²) in [6.45, 7) is 4.24. The maximum Gasteiger partial charge on any atom is 0.0208 e. The fourth-order valence-electron chi connectivity index (χ4n) is 1.10. The summed E-state index contributed by atoms with van der Waals surface area (Å²) in [6.07, 6.45) is 0. The summed E-state index contributed by atoms with van der Waals surface area (Å²) in [6, 6.07) is 8.50. The van der Waals surface area contributed by atoms with Crippen molar-refractivity contribution in [2.75, 3.05) is 11.0 Å². The summed E-state index contributed by atoms with van der Waals surface area (Å²) in [4.78, 5) is 0. The van der Waals surface area contributed by atoms with Crippen LogP contribution in [0.4, 0.5) is 0 Å². The fourth-order valence-corrected chi connectivity index (χ4v) is 1.48. The highest BCUT2D eigenvalue weighted by molar-refractivity contribution is 14.1. The third-order valence-corrected chi connectivity index (χ3v) is 2.39. The third kappa shape index (κ3) is 3.11. The number of nitrogens with one attached hydrogen (secondary N) is 1. The molecule has 0 spiro atoms. The Morgan fingerprint density at radius 2 is 2.08 bits per heavy atom. The number of aryl methyl sites for hydroxylation is 1. The zero-order valence-electron chi connectivity index (χ0n) is 7.31. The number of halogens is 1. The summed E-state index contributed by atoms with van der Waals surface area (Å²) in [5.41, 5.74) is 2.78. The van der Waals surface area contributed by atoms with E-state index in [1.807, 2.05) is 0 Å². The van der Waals surface area contributed by atoms with Crippen LogP contribution in [0, 0.1) is 6.92 Å². The van der Waals surface area contributed by atoms with Gasteiger partial charge in [0.1, 0.15) is 0 Å². The minimum atomic E-state index is 0.996. The van der Waals surface area contributed by atoms with E-state index in [2.05, 4.69) is 59.1 Å². The molecule has 0 saturated heterocycles. The molecule has 0 unspecified atom stereocenters. The molecule has 0 atom stereocenters. The topological polar surface area (TPSA) is 12.0 Å². The van der Waals surface area contributed by atoms with Gasteiger partial charge in [-0.25, -0.2) is 0 Å². The highest BCUT2D eigenvalue weighted by atomic mass is 127. The van der Waals surface area contributed by atoms with E-state index in [1.165, 1.54) is 15.6 Å². The molecule has 1 aromatic carbocycles. The number of hydrogen-bond donors (Lipinski definition) is 1. The molecule has 1 N–H and O–H groups in total. The van der Waals surface area contributed by atoms with Gasteiger partial charge in [0, 0.05) is 17.5 Å². The molecule has 1 rings (SSSR count). The van der Waals surface area contributed by atoms with Crippen LogP contribution >= 0.6 is 22.6 Å². The first-order valence-corrected chi connectivity index (χ1v) is 5.68. The molecule has 0 radical (unpaired) electrons. The van der Waals surface area contributed by atoms with Crippen LogP contribution in [0.1, 0.15) is 11.1 Å². The van der Waals surface area contributed by atoms with E-state index in [0.717, 1.165) is 13.1 Å². The average molecular weight is 275 g/mol. The van der Waals surface area contributed by atoms with Crippen LogP contribution in [0.2, 0.25) is 0 Å². The van der Waals surface area contributed by atoms with Gasteiger partial charge in [0.2, 0.25) is 0 Å². The molecule has 0 aliphatic carbocycles. The van der Waals surface area contributed by atoms with E-state index in [0.29, 0.717) is 0 Å². The van der Waals surface area contributed by atoms with Gasteiger partial charge in [0.25, 0.3) is 0 Å². The highest BCUT2D eigenvalue weighted by Crippen LogP contribution is 2.05. The largest absolute Gasteiger partial charge is 0.312 e. The number of rotatable bonds is 4. The van der Waals surface area contributed by atoms with Crippen LogP contribution < -0.4 is 5.32 Å². The van der Waals surface area contributed by atoms with Gasteiger partial charge in [-0.3, -0.25) is 0 Å². The summed E-state index contributed by atoms with van der Waals surface area (Å²) in [5.74, 6) is 0. The SMILES string of the molecule is Cc1ccccc1CNCCI. The van der Waals surface area contributed by atoms with E-state index in [9.17, 15) is 0 Å². The van der Waals surface area contributed by atoms with Crippen LogP contribution in [0.25, 0.3) is 0 Å². The van der Waals surface area contributed by atoms with Crippen LogP contribution in [0.3, 0.4) is 0 Å². The Hall–Kier alpha value is -0.0900. The molecular weight excluding hydrogens is 261 g/mol. The van der Waals surface area contributed by atoms with Gasteiger partial charge in [0.15, 0.2) is 0 Å². The van der Waals surface area contributed by atoms with Crippen molar-refractivity contribution in [2.24, 2.45) is 0 Å². The molecule has 0 aliphatic rings. The van der Waals surface area contributed by atoms with Crippen LogP contribution in [0.5, 0.6) is 0 Å². The molecule has 0 saturated carbocycles. The first-order valence-electron chi connectivity index (χ1n) is 4.16. The van der Waals surface area contributed by atoms with Crippen molar-refractivity contribution in [3.63, 3.8) is 0 Å². The minimum absolute atomic E-state index is 0.996. The predicted octanol–water partition coefficient (Wildman–Crippen LogP) is 2.52. The quantitative estimate of drug-likeness (QED) is 0.506. The zero-order chi connectivity index (χ0) is 8.81. The van der Waals surface area contributed by atoms with Crippen LogP contribution in [-0.2, 0) is 6.54 Å². The molecule has 0 aliphatic heterocycles. The van der Waals surface area contributed by atoms with Crippen molar-refractivity contribution in [3.8, 4) is 0 Å². The van der Waals surface area contributed by atoms with E-state index in [4.69, 9.17) is 0 Å². The lowest BCUT2D eigenvalue weighted by Gasteiger charge is -2.05. The maximum atomic E-state index is 3.38. The van der Waals surface area contributed by atoms with E-state index in [-0.39, 0.29) is 0 Å². The Morgan fingerprint density at radius 1 is 1.33 bits per heavy atom. The lowest BCUT2D eigenvalue weighted by atomic mass is 10.1. The second-order valence-corrected chi connectivity index (χ2v) is 3.87. The molecule has 1 nitrogen and oxygen atoms in total. The van der Waals surface area contributed by atoms with Crippen LogP contribution in [0.15, 0.2) is 24.3 Å². The molecular formula is C10H14IN. The van der Waals surface area contributed by atoms with E-state index in [1.54, 1.807) is 0 Å². The van der Waals surface area contributed by atoms with Crippen molar-refractivity contribution < 1.29 is 0 Å². The van der Waals surface area contributed by atoms with Crippen molar-refractivity contribution in [1.82, 2.24) is 5.32 Å². The summed E-state index contributed by atoms with van der Waals surface area (Å²) in [5, 5.41) is 3.38. The number of alkyl halides is 1. The standard InChI is InChI=1S/C10H14IN/c1-9-4-2-3-5-10(9)8-12-7-6-11/h2-5,12H,6-8H2,1H3. The molecule has 0 bridgehead atoms. The second kappa shape index (κ2) is 5.54. The number of benzene rings is 1. The smallest absolute Gasteiger partial charge is 0.0208 e. The van der Waals surface area contributed by atoms with Crippen molar-refractivity contribution >= 4 is 22.6 Å². The Balaban J connectivity index is 2.46. The molecule has 0 fully saturated rings. The van der Waals surface area contributed by atoms with Gasteiger partial charge in [0.05, 0.1) is 0 Å².